The largest absolute Gasteiger partial charge is 0.406 e. The number of hydrogen-bond acceptors (Lipinski definition) is 5. The summed E-state index contributed by atoms with van der Waals surface area (Å²) < 4.78 is 43.1. The van der Waals surface area contributed by atoms with Crippen molar-refractivity contribution in [1.82, 2.24) is 15.2 Å². The van der Waals surface area contributed by atoms with E-state index in [0.717, 1.165) is 16.5 Å². The van der Waals surface area contributed by atoms with Crippen molar-refractivity contribution in [3.05, 3.63) is 34.7 Å². The van der Waals surface area contributed by atoms with Crippen molar-refractivity contribution < 1.29 is 17.6 Å². The zero-order valence-electron chi connectivity index (χ0n) is 15.2. The third kappa shape index (κ3) is 4.32. The van der Waals surface area contributed by atoms with Crippen molar-refractivity contribution in [3.63, 3.8) is 0 Å². The normalized spacial score (nSPS) is 12.6. The Balaban J connectivity index is 2.19. The summed E-state index contributed by atoms with van der Waals surface area (Å²) in [4.78, 5) is 4.63. The molecule has 0 saturated heterocycles. The number of hydrogen-bond donors (Lipinski definition) is 1. The van der Waals surface area contributed by atoms with Gasteiger partial charge in [0.15, 0.2) is 0 Å². The van der Waals surface area contributed by atoms with Crippen molar-refractivity contribution in [2.45, 2.75) is 39.3 Å². The summed E-state index contributed by atoms with van der Waals surface area (Å²) in [6, 6.07) is 5.11. The van der Waals surface area contributed by atoms with Gasteiger partial charge in [0, 0.05) is 11.1 Å². The average molecular weight is 399 g/mol. The monoisotopic (exact) mass is 398 g/mol. The van der Waals surface area contributed by atoms with Gasteiger partial charge in [-0.1, -0.05) is 25.9 Å². The zero-order valence-corrected chi connectivity index (χ0v) is 16.0. The van der Waals surface area contributed by atoms with E-state index in [2.05, 4.69) is 20.5 Å². The second kappa shape index (κ2) is 6.67. The molecular formula is C18H18ClF3N4O. The van der Waals surface area contributed by atoms with Gasteiger partial charge in [0.2, 0.25) is 0 Å². The van der Waals surface area contributed by atoms with E-state index in [4.69, 9.17) is 16.0 Å². The predicted octanol–water partition coefficient (Wildman–Crippen LogP) is 5.52. The van der Waals surface area contributed by atoms with Gasteiger partial charge >= 0.3 is 11.5 Å². The van der Waals surface area contributed by atoms with Gasteiger partial charge in [-0.25, -0.2) is 4.98 Å². The fraction of sp³-hybridized carbons (Fsp3) is 0.389. The van der Waals surface area contributed by atoms with Gasteiger partial charge in [0.25, 0.3) is 5.89 Å². The SMILES string of the molecule is Cc1cc(-c2nnc(Cl)o2)nc2c(C(C)(C)C)cc(NCC(F)(F)F)cc12. The maximum Gasteiger partial charge on any atom is 0.405 e. The molecule has 0 spiro atoms. The maximum atomic E-state index is 12.6. The number of pyridine rings is 1. The molecule has 0 bridgehead atoms. The molecule has 0 aliphatic heterocycles. The molecule has 144 valence electrons. The highest BCUT2D eigenvalue weighted by Gasteiger charge is 2.27. The second-order valence-electron chi connectivity index (χ2n) is 7.32. The van der Waals surface area contributed by atoms with E-state index in [0.29, 0.717) is 16.9 Å². The number of aryl methyl sites for hydroxylation is 1. The Bertz CT molecular complexity index is 993. The first-order valence-corrected chi connectivity index (χ1v) is 8.58. The molecule has 1 N–H and O–H groups in total. The van der Waals surface area contributed by atoms with Crippen LogP contribution < -0.4 is 5.32 Å². The van der Waals surface area contributed by atoms with E-state index in [1.807, 2.05) is 27.7 Å². The van der Waals surface area contributed by atoms with Crippen LogP contribution in [0.15, 0.2) is 22.6 Å². The Morgan fingerprint density at radius 1 is 1.11 bits per heavy atom. The van der Waals surface area contributed by atoms with Crippen LogP contribution in [0.25, 0.3) is 22.5 Å². The molecule has 1 aromatic carbocycles. The summed E-state index contributed by atoms with van der Waals surface area (Å²) in [6.07, 6.45) is -4.30. The summed E-state index contributed by atoms with van der Waals surface area (Å²) in [5, 5.41) is 10.6. The van der Waals surface area contributed by atoms with Crippen LogP contribution in [0, 0.1) is 6.92 Å². The second-order valence-corrected chi connectivity index (χ2v) is 7.65. The molecule has 3 rings (SSSR count). The van der Waals surface area contributed by atoms with Crippen molar-refractivity contribution in [1.29, 1.82) is 0 Å². The van der Waals surface area contributed by atoms with Crippen molar-refractivity contribution in [2.75, 3.05) is 11.9 Å². The number of aromatic nitrogens is 3. The highest BCUT2D eigenvalue weighted by atomic mass is 35.5. The molecule has 2 heterocycles. The van der Waals surface area contributed by atoms with E-state index < -0.39 is 12.7 Å². The van der Waals surface area contributed by atoms with Gasteiger partial charge in [-0.05, 0) is 53.3 Å². The van der Waals surface area contributed by atoms with Gasteiger partial charge in [0.05, 0.1) is 5.52 Å². The number of alkyl halides is 3. The summed E-state index contributed by atoms with van der Waals surface area (Å²) in [7, 11) is 0. The lowest BCUT2D eigenvalue weighted by molar-refractivity contribution is -0.115. The summed E-state index contributed by atoms with van der Waals surface area (Å²) in [5.41, 5.74) is 2.80. The Hall–Kier alpha value is -2.35. The number of rotatable bonds is 3. The third-order valence-electron chi connectivity index (χ3n) is 4.04. The highest BCUT2D eigenvalue weighted by Crippen LogP contribution is 2.35. The number of benzene rings is 1. The molecule has 2 aromatic heterocycles. The number of nitrogens with zero attached hydrogens (tertiary/aromatic N) is 3. The fourth-order valence-corrected chi connectivity index (χ4v) is 2.90. The predicted molar refractivity (Wildman–Crippen MR) is 98.0 cm³/mol. The molecule has 5 nitrogen and oxygen atoms in total. The number of halogens is 4. The highest BCUT2D eigenvalue weighted by molar-refractivity contribution is 6.27. The van der Waals surface area contributed by atoms with Gasteiger partial charge in [-0.15, -0.1) is 5.10 Å². The quantitative estimate of drug-likeness (QED) is 0.629. The Labute approximate surface area is 158 Å². The molecular weight excluding hydrogens is 381 g/mol. The molecule has 9 heteroatoms. The Kier molecular flexibility index (Phi) is 4.80. The average Bonchev–Trinajstić information content (AvgIpc) is 2.97. The lowest BCUT2D eigenvalue weighted by Gasteiger charge is -2.23. The number of anilines is 1. The standard InChI is InChI=1S/C18H18ClF3N4O/c1-9-5-13(15-25-26-16(19)27-15)24-14-11(9)6-10(23-8-18(20,21)22)7-12(14)17(2,3)4/h5-7,23H,8H2,1-4H3. The molecule has 0 atom stereocenters. The smallest absolute Gasteiger partial charge is 0.405 e. The molecule has 0 radical (unpaired) electrons. The zero-order chi connectivity index (χ0) is 20.0. The number of fused-ring (bicyclic) bond motifs is 1. The molecule has 0 unspecified atom stereocenters. The van der Waals surface area contributed by atoms with Crippen LogP contribution >= 0.6 is 11.6 Å². The van der Waals surface area contributed by atoms with Gasteiger partial charge in [0.1, 0.15) is 12.2 Å². The van der Waals surface area contributed by atoms with E-state index in [9.17, 15) is 13.2 Å². The molecule has 0 amide bonds. The van der Waals surface area contributed by atoms with Crippen molar-refractivity contribution >= 4 is 28.2 Å². The summed E-state index contributed by atoms with van der Waals surface area (Å²) in [5.74, 6) is 0.184. The maximum absolute atomic E-state index is 12.6. The van der Waals surface area contributed by atoms with Crippen LogP contribution in [0.5, 0.6) is 0 Å². The van der Waals surface area contributed by atoms with Gasteiger partial charge in [-0.2, -0.15) is 13.2 Å². The minimum Gasteiger partial charge on any atom is -0.406 e. The van der Waals surface area contributed by atoms with E-state index in [1.165, 1.54) is 0 Å². The Morgan fingerprint density at radius 2 is 1.81 bits per heavy atom. The summed E-state index contributed by atoms with van der Waals surface area (Å²) >= 11 is 5.70. The van der Waals surface area contributed by atoms with Crippen LogP contribution in [0.3, 0.4) is 0 Å². The molecule has 3 aromatic rings. The fourth-order valence-electron chi connectivity index (χ4n) is 2.79. The van der Waals surface area contributed by atoms with Crippen molar-refractivity contribution in [2.24, 2.45) is 0 Å². The van der Waals surface area contributed by atoms with Crippen LogP contribution in [-0.2, 0) is 5.41 Å². The molecule has 27 heavy (non-hydrogen) atoms. The lowest BCUT2D eigenvalue weighted by atomic mass is 9.84. The van der Waals surface area contributed by atoms with E-state index >= 15 is 0 Å². The Morgan fingerprint density at radius 3 is 2.37 bits per heavy atom. The van der Waals surface area contributed by atoms with E-state index in [1.54, 1.807) is 18.2 Å². The number of nitrogens with one attached hydrogen (secondary N) is 1. The van der Waals surface area contributed by atoms with Crippen molar-refractivity contribution in [3.8, 4) is 11.6 Å². The lowest BCUT2D eigenvalue weighted by Crippen LogP contribution is -2.22. The minimum absolute atomic E-state index is 0.0905. The first-order valence-electron chi connectivity index (χ1n) is 8.20. The van der Waals surface area contributed by atoms with Gasteiger partial charge in [-0.3, -0.25) is 0 Å². The molecule has 0 fully saturated rings. The molecule has 0 saturated carbocycles. The van der Waals surface area contributed by atoms with Crippen LogP contribution in [0.4, 0.5) is 18.9 Å². The topological polar surface area (TPSA) is 63.8 Å². The molecule has 0 aliphatic rings. The molecule has 0 aliphatic carbocycles. The third-order valence-corrected chi connectivity index (χ3v) is 4.19. The first kappa shape index (κ1) is 19.4. The van der Waals surface area contributed by atoms with Gasteiger partial charge < -0.3 is 9.73 Å². The van der Waals surface area contributed by atoms with Crippen LogP contribution in [-0.4, -0.2) is 27.9 Å². The minimum atomic E-state index is -4.30. The van der Waals surface area contributed by atoms with Crippen LogP contribution in [0.2, 0.25) is 5.35 Å². The van der Waals surface area contributed by atoms with Crippen LogP contribution in [0.1, 0.15) is 31.9 Å². The summed E-state index contributed by atoms with van der Waals surface area (Å²) in [6.45, 7) is 6.67. The van der Waals surface area contributed by atoms with E-state index in [-0.39, 0.29) is 16.7 Å². The first-order chi connectivity index (χ1) is 12.4.